The number of carbonyl (C=O) groups is 1. The van der Waals surface area contributed by atoms with E-state index in [0.717, 1.165) is 5.56 Å². The molecule has 2 N–H and O–H groups in total. The third kappa shape index (κ3) is 5.28. The topological polar surface area (TPSA) is 64.8 Å². The van der Waals surface area contributed by atoms with Crippen LogP contribution in [0.3, 0.4) is 0 Å². The zero-order chi connectivity index (χ0) is 14.5. The summed E-state index contributed by atoms with van der Waals surface area (Å²) in [5.74, 6) is 5.30. The number of hydrogen-bond acceptors (Lipinski definition) is 4. The van der Waals surface area contributed by atoms with Gasteiger partial charge in [-0.3, -0.25) is 4.84 Å². The zero-order valence-electron chi connectivity index (χ0n) is 11.9. The van der Waals surface area contributed by atoms with E-state index in [2.05, 4.69) is 0 Å². The van der Waals surface area contributed by atoms with Crippen molar-refractivity contribution in [1.29, 1.82) is 0 Å². The average molecular weight is 266 g/mol. The highest BCUT2D eigenvalue weighted by Gasteiger charge is 2.22. The van der Waals surface area contributed by atoms with Crippen LogP contribution >= 0.6 is 0 Å². The van der Waals surface area contributed by atoms with Gasteiger partial charge in [-0.25, -0.2) is 10.7 Å². The Kier molecular flexibility index (Phi) is 5.32. The lowest BCUT2D eigenvalue weighted by atomic mass is 10.1. The molecule has 5 heteroatoms. The molecule has 1 aromatic carbocycles. The van der Waals surface area contributed by atoms with E-state index in [9.17, 15) is 4.79 Å². The van der Waals surface area contributed by atoms with Crippen LogP contribution in [0.15, 0.2) is 30.3 Å². The Bertz CT molecular complexity index is 401. The molecule has 0 radical (unpaired) electrons. The number of hydrogen-bond donors (Lipinski definition) is 1. The SMILES string of the molecule is CN(CC(ON)c1ccccc1)C(=O)OC(C)(C)C. The van der Waals surface area contributed by atoms with Crippen molar-refractivity contribution in [3.05, 3.63) is 35.9 Å². The molecule has 1 atom stereocenters. The molecule has 1 rings (SSSR count). The van der Waals surface area contributed by atoms with Crippen LogP contribution in [-0.4, -0.2) is 30.2 Å². The Morgan fingerprint density at radius 1 is 1.32 bits per heavy atom. The number of rotatable bonds is 4. The van der Waals surface area contributed by atoms with Gasteiger partial charge in [-0.1, -0.05) is 30.3 Å². The van der Waals surface area contributed by atoms with E-state index in [1.807, 2.05) is 51.1 Å². The van der Waals surface area contributed by atoms with E-state index in [1.165, 1.54) is 4.90 Å². The summed E-state index contributed by atoms with van der Waals surface area (Å²) in [6.45, 7) is 5.81. The summed E-state index contributed by atoms with van der Waals surface area (Å²) >= 11 is 0. The molecular formula is C14H22N2O3. The first kappa shape index (κ1) is 15.5. The average Bonchev–Trinajstić information content (AvgIpc) is 2.34. The number of ether oxygens (including phenoxy) is 1. The molecule has 106 valence electrons. The van der Waals surface area contributed by atoms with Gasteiger partial charge in [0.05, 0.1) is 6.54 Å². The maximum Gasteiger partial charge on any atom is 0.410 e. The summed E-state index contributed by atoms with van der Waals surface area (Å²) in [6, 6.07) is 9.51. The van der Waals surface area contributed by atoms with Gasteiger partial charge < -0.3 is 9.64 Å². The summed E-state index contributed by atoms with van der Waals surface area (Å²) in [6.07, 6.45) is -0.774. The van der Waals surface area contributed by atoms with Crippen molar-refractivity contribution in [2.24, 2.45) is 5.90 Å². The monoisotopic (exact) mass is 266 g/mol. The number of benzene rings is 1. The highest BCUT2D eigenvalue weighted by molar-refractivity contribution is 5.67. The molecular weight excluding hydrogens is 244 g/mol. The first-order chi connectivity index (χ1) is 8.83. The van der Waals surface area contributed by atoms with Crippen LogP contribution in [0.4, 0.5) is 4.79 Å². The van der Waals surface area contributed by atoms with Gasteiger partial charge in [0.15, 0.2) is 0 Å². The van der Waals surface area contributed by atoms with Crippen LogP contribution in [0, 0.1) is 0 Å². The van der Waals surface area contributed by atoms with Gasteiger partial charge >= 0.3 is 6.09 Å². The molecule has 1 unspecified atom stereocenters. The quantitative estimate of drug-likeness (QED) is 0.850. The standard InChI is InChI=1S/C14H22N2O3/c1-14(2,3)18-13(17)16(4)10-12(19-15)11-8-6-5-7-9-11/h5-9,12H,10,15H2,1-4H3. The first-order valence-electron chi connectivity index (χ1n) is 6.18. The van der Waals surface area contributed by atoms with Crippen LogP contribution in [0.2, 0.25) is 0 Å². The Labute approximate surface area is 114 Å². The Hall–Kier alpha value is -1.59. The third-order valence-corrected chi connectivity index (χ3v) is 2.48. The second-order valence-corrected chi connectivity index (χ2v) is 5.40. The predicted octanol–water partition coefficient (Wildman–Crippen LogP) is 2.48. The third-order valence-electron chi connectivity index (χ3n) is 2.48. The number of nitrogens with two attached hydrogens (primary N) is 1. The lowest BCUT2D eigenvalue weighted by Gasteiger charge is -2.27. The molecule has 19 heavy (non-hydrogen) atoms. The highest BCUT2D eigenvalue weighted by Crippen LogP contribution is 2.17. The molecule has 0 aliphatic heterocycles. The molecule has 0 aliphatic rings. The molecule has 0 aliphatic carbocycles. The molecule has 0 bridgehead atoms. The Morgan fingerprint density at radius 2 is 1.89 bits per heavy atom. The Balaban J connectivity index is 2.64. The first-order valence-corrected chi connectivity index (χ1v) is 6.18. The van der Waals surface area contributed by atoms with Crippen LogP contribution in [-0.2, 0) is 9.57 Å². The van der Waals surface area contributed by atoms with E-state index >= 15 is 0 Å². The molecule has 0 saturated carbocycles. The maximum absolute atomic E-state index is 11.8. The number of likely N-dealkylation sites (N-methyl/N-ethyl adjacent to an activating group) is 1. The summed E-state index contributed by atoms with van der Waals surface area (Å²) in [5, 5.41) is 0. The van der Waals surface area contributed by atoms with Crippen LogP contribution < -0.4 is 5.90 Å². The van der Waals surface area contributed by atoms with E-state index in [4.69, 9.17) is 15.5 Å². The molecule has 0 fully saturated rings. The summed E-state index contributed by atoms with van der Waals surface area (Å²) in [5.41, 5.74) is 0.400. The summed E-state index contributed by atoms with van der Waals surface area (Å²) < 4.78 is 5.27. The van der Waals surface area contributed by atoms with E-state index in [0.29, 0.717) is 6.54 Å². The van der Waals surface area contributed by atoms with E-state index < -0.39 is 11.7 Å². The van der Waals surface area contributed by atoms with Crippen molar-refractivity contribution in [2.45, 2.75) is 32.5 Å². The molecule has 0 saturated heterocycles. The fraction of sp³-hybridized carbons (Fsp3) is 0.500. The van der Waals surface area contributed by atoms with E-state index in [1.54, 1.807) is 7.05 Å². The van der Waals surface area contributed by atoms with Gasteiger partial charge in [0, 0.05) is 7.05 Å². The molecule has 1 amide bonds. The van der Waals surface area contributed by atoms with Crippen molar-refractivity contribution in [3.63, 3.8) is 0 Å². The van der Waals surface area contributed by atoms with Crippen molar-refractivity contribution < 1.29 is 14.4 Å². The zero-order valence-corrected chi connectivity index (χ0v) is 11.9. The normalized spacial score (nSPS) is 12.9. The molecule has 0 heterocycles. The second kappa shape index (κ2) is 6.54. The van der Waals surface area contributed by atoms with Crippen LogP contribution in [0.5, 0.6) is 0 Å². The van der Waals surface area contributed by atoms with Crippen LogP contribution in [0.25, 0.3) is 0 Å². The number of carbonyl (C=O) groups excluding carboxylic acids is 1. The lowest BCUT2D eigenvalue weighted by molar-refractivity contribution is 0.00219. The fourth-order valence-electron chi connectivity index (χ4n) is 1.56. The van der Waals surface area contributed by atoms with Crippen molar-refractivity contribution in [2.75, 3.05) is 13.6 Å². The summed E-state index contributed by atoms with van der Waals surface area (Å²) in [7, 11) is 1.66. The minimum Gasteiger partial charge on any atom is -0.444 e. The maximum atomic E-state index is 11.8. The minimum atomic E-state index is -0.517. The highest BCUT2D eigenvalue weighted by atomic mass is 16.6. The molecule has 0 aromatic heterocycles. The molecule has 5 nitrogen and oxygen atoms in total. The predicted molar refractivity (Wildman–Crippen MR) is 73.3 cm³/mol. The molecule has 0 spiro atoms. The summed E-state index contributed by atoms with van der Waals surface area (Å²) in [4.78, 5) is 18.2. The molecule has 1 aromatic rings. The van der Waals surface area contributed by atoms with E-state index in [-0.39, 0.29) is 6.10 Å². The smallest absolute Gasteiger partial charge is 0.410 e. The number of amides is 1. The van der Waals surface area contributed by atoms with Gasteiger partial charge in [0.1, 0.15) is 11.7 Å². The minimum absolute atomic E-state index is 0.329. The van der Waals surface area contributed by atoms with Crippen molar-refractivity contribution >= 4 is 6.09 Å². The lowest BCUT2D eigenvalue weighted by Crippen LogP contribution is -2.37. The van der Waals surface area contributed by atoms with Crippen molar-refractivity contribution in [1.82, 2.24) is 4.90 Å². The number of nitrogens with zero attached hydrogens (tertiary/aromatic N) is 1. The second-order valence-electron chi connectivity index (χ2n) is 5.40. The van der Waals surface area contributed by atoms with Crippen LogP contribution in [0.1, 0.15) is 32.4 Å². The van der Waals surface area contributed by atoms with Gasteiger partial charge in [-0.05, 0) is 26.3 Å². The van der Waals surface area contributed by atoms with Gasteiger partial charge in [-0.15, -0.1) is 0 Å². The van der Waals surface area contributed by atoms with Gasteiger partial charge in [0.25, 0.3) is 0 Å². The van der Waals surface area contributed by atoms with Gasteiger partial charge in [-0.2, -0.15) is 0 Å². The van der Waals surface area contributed by atoms with Crippen molar-refractivity contribution in [3.8, 4) is 0 Å². The van der Waals surface area contributed by atoms with Gasteiger partial charge in [0.2, 0.25) is 0 Å². The largest absolute Gasteiger partial charge is 0.444 e. The Morgan fingerprint density at radius 3 is 2.37 bits per heavy atom. The fourth-order valence-corrected chi connectivity index (χ4v) is 1.56.